The fourth-order valence-corrected chi connectivity index (χ4v) is 2.66. The van der Waals surface area contributed by atoms with Gasteiger partial charge in [0, 0.05) is 31.6 Å². The van der Waals surface area contributed by atoms with Crippen molar-refractivity contribution in [3.63, 3.8) is 0 Å². The van der Waals surface area contributed by atoms with Crippen LogP contribution in [0.25, 0.3) is 0 Å². The predicted octanol–water partition coefficient (Wildman–Crippen LogP) is 1.58. The Morgan fingerprint density at radius 2 is 2.17 bits per heavy atom. The number of hydrogen-bond donors (Lipinski definition) is 2. The van der Waals surface area contributed by atoms with Gasteiger partial charge in [0.25, 0.3) is 5.91 Å². The lowest BCUT2D eigenvalue weighted by molar-refractivity contribution is 0.0957. The minimum atomic E-state index is 0.0244. The molecule has 0 unspecified atom stereocenters. The largest absolute Gasteiger partial charge is 0.383 e. The van der Waals surface area contributed by atoms with Gasteiger partial charge in [-0.3, -0.25) is 4.79 Å². The SMILES string of the molecule is CCc1sc(C(=O)NCCNCCOC)cc1C. The number of aryl methyl sites for hydroxylation is 2. The van der Waals surface area contributed by atoms with Crippen LogP contribution in [0.4, 0.5) is 0 Å². The molecule has 4 nitrogen and oxygen atoms in total. The molecule has 0 aliphatic carbocycles. The van der Waals surface area contributed by atoms with Gasteiger partial charge in [-0.15, -0.1) is 11.3 Å². The zero-order valence-corrected chi connectivity index (χ0v) is 12.2. The molecule has 0 saturated heterocycles. The number of ether oxygens (including phenoxy) is 1. The minimum Gasteiger partial charge on any atom is -0.383 e. The molecule has 1 heterocycles. The maximum Gasteiger partial charge on any atom is 0.261 e. The third-order valence-electron chi connectivity index (χ3n) is 2.64. The first kappa shape index (κ1) is 15.1. The fourth-order valence-electron chi connectivity index (χ4n) is 1.63. The Kier molecular flexibility index (Phi) is 6.93. The summed E-state index contributed by atoms with van der Waals surface area (Å²) in [7, 11) is 1.67. The Morgan fingerprint density at radius 3 is 2.78 bits per heavy atom. The Bertz CT molecular complexity index is 377. The number of carbonyl (C=O) groups is 1. The first-order chi connectivity index (χ1) is 8.69. The van der Waals surface area contributed by atoms with Crippen molar-refractivity contribution in [3.8, 4) is 0 Å². The molecule has 2 N–H and O–H groups in total. The van der Waals surface area contributed by atoms with Gasteiger partial charge < -0.3 is 15.4 Å². The quantitative estimate of drug-likeness (QED) is 0.705. The van der Waals surface area contributed by atoms with Crippen molar-refractivity contribution in [1.29, 1.82) is 0 Å². The summed E-state index contributed by atoms with van der Waals surface area (Å²) in [6.45, 7) is 7.07. The third kappa shape index (κ3) is 4.76. The summed E-state index contributed by atoms with van der Waals surface area (Å²) in [5, 5.41) is 6.09. The molecule has 1 aromatic heterocycles. The molecule has 0 saturated carbocycles. The van der Waals surface area contributed by atoms with E-state index in [-0.39, 0.29) is 5.91 Å². The zero-order chi connectivity index (χ0) is 13.4. The topological polar surface area (TPSA) is 50.4 Å². The van der Waals surface area contributed by atoms with Crippen molar-refractivity contribution in [2.24, 2.45) is 0 Å². The van der Waals surface area contributed by atoms with Gasteiger partial charge in [0.15, 0.2) is 0 Å². The van der Waals surface area contributed by atoms with Crippen molar-refractivity contribution in [3.05, 3.63) is 21.4 Å². The predicted molar refractivity (Wildman–Crippen MR) is 75.5 cm³/mol. The molecule has 1 amide bonds. The second-order valence-electron chi connectivity index (χ2n) is 4.07. The molecule has 1 rings (SSSR count). The molecule has 1 aromatic rings. The highest BCUT2D eigenvalue weighted by atomic mass is 32.1. The summed E-state index contributed by atoms with van der Waals surface area (Å²) < 4.78 is 4.92. The molecule has 0 spiro atoms. The monoisotopic (exact) mass is 270 g/mol. The van der Waals surface area contributed by atoms with Crippen molar-refractivity contribution < 1.29 is 9.53 Å². The molecule has 0 aliphatic heterocycles. The first-order valence-electron chi connectivity index (χ1n) is 6.26. The van der Waals surface area contributed by atoms with Crippen LogP contribution < -0.4 is 10.6 Å². The number of carbonyl (C=O) groups excluding carboxylic acids is 1. The number of methoxy groups -OCH3 is 1. The maximum atomic E-state index is 11.9. The van der Waals surface area contributed by atoms with E-state index in [1.807, 2.05) is 6.07 Å². The normalized spacial score (nSPS) is 10.6. The van der Waals surface area contributed by atoms with E-state index in [0.29, 0.717) is 13.2 Å². The number of amides is 1. The third-order valence-corrected chi connectivity index (χ3v) is 4.02. The van der Waals surface area contributed by atoms with Crippen LogP contribution in [0.5, 0.6) is 0 Å². The van der Waals surface area contributed by atoms with E-state index >= 15 is 0 Å². The van der Waals surface area contributed by atoms with E-state index in [9.17, 15) is 4.79 Å². The summed E-state index contributed by atoms with van der Waals surface area (Å²) >= 11 is 1.59. The van der Waals surface area contributed by atoms with Gasteiger partial charge in [-0.25, -0.2) is 0 Å². The second-order valence-corrected chi connectivity index (χ2v) is 5.21. The van der Waals surface area contributed by atoms with Crippen LogP contribution in [0.1, 0.15) is 27.0 Å². The average molecular weight is 270 g/mol. The van der Waals surface area contributed by atoms with Crippen molar-refractivity contribution in [2.75, 3.05) is 33.4 Å². The summed E-state index contributed by atoms with van der Waals surface area (Å²) in [5.41, 5.74) is 1.21. The number of thiophene rings is 1. The van der Waals surface area contributed by atoms with Crippen LogP contribution in [0, 0.1) is 6.92 Å². The van der Waals surface area contributed by atoms with Crippen LogP contribution in [0.15, 0.2) is 6.07 Å². The number of hydrogen-bond acceptors (Lipinski definition) is 4. The van der Waals surface area contributed by atoms with E-state index < -0.39 is 0 Å². The van der Waals surface area contributed by atoms with E-state index in [4.69, 9.17) is 4.74 Å². The first-order valence-corrected chi connectivity index (χ1v) is 7.07. The van der Waals surface area contributed by atoms with Crippen molar-refractivity contribution in [2.45, 2.75) is 20.3 Å². The van der Waals surface area contributed by atoms with Crippen LogP contribution in [-0.2, 0) is 11.2 Å². The highest BCUT2D eigenvalue weighted by molar-refractivity contribution is 7.14. The Morgan fingerprint density at radius 1 is 1.39 bits per heavy atom. The highest BCUT2D eigenvalue weighted by Crippen LogP contribution is 2.21. The summed E-state index contributed by atoms with van der Waals surface area (Å²) in [6, 6.07) is 1.97. The molecule has 0 aliphatic rings. The van der Waals surface area contributed by atoms with E-state index in [1.165, 1.54) is 10.4 Å². The Balaban J connectivity index is 2.27. The lowest BCUT2D eigenvalue weighted by Gasteiger charge is -2.05. The smallest absolute Gasteiger partial charge is 0.261 e. The van der Waals surface area contributed by atoms with Gasteiger partial charge in [-0.1, -0.05) is 6.92 Å². The summed E-state index contributed by atoms with van der Waals surface area (Å²) in [5.74, 6) is 0.0244. The van der Waals surface area contributed by atoms with Crippen LogP contribution in [-0.4, -0.2) is 39.3 Å². The molecule has 0 atom stereocenters. The van der Waals surface area contributed by atoms with Gasteiger partial charge >= 0.3 is 0 Å². The van der Waals surface area contributed by atoms with Crippen molar-refractivity contribution in [1.82, 2.24) is 10.6 Å². The molecular formula is C13H22N2O2S. The van der Waals surface area contributed by atoms with Crippen molar-refractivity contribution >= 4 is 17.2 Å². The number of nitrogens with one attached hydrogen (secondary N) is 2. The van der Waals surface area contributed by atoms with E-state index in [2.05, 4.69) is 24.5 Å². The van der Waals surface area contributed by atoms with Crippen LogP contribution in [0.2, 0.25) is 0 Å². The van der Waals surface area contributed by atoms with E-state index in [0.717, 1.165) is 24.4 Å². The summed E-state index contributed by atoms with van der Waals surface area (Å²) in [6.07, 6.45) is 0.988. The molecule has 0 bridgehead atoms. The highest BCUT2D eigenvalue weighted by Gasteiger charge is 2.10. The molecule has 0 radical (unpaired) electrons. The molecule has 18 heavy (non-hydrogen) atoms. The Hall–Kier alpha value is -0.910. The number of rotatable bonds is 8. The van der Waals surface area contributed by atoms with E-state index in [1.54, 1.807) is 18.4 Å². The van der Waals surface area contributed by atoms with Crippen LogP contribution in [0.3, 0.4) is 0 Å². The minimum absolute atomic E-state index is 0.0244. The van der Waals surface area contributed by atoms with Gasteiger partial charge in [0.05, 0.1) is 11.5 Å². The molecular weight excluding hydrogens is 248 g/mol. The average Bonchev–Trinajstić information content (AvgIpc) is 2.74. The molecule has 0 fully saturated rings. The molecule has 5 heteroatoms. The lowest BCUT2D eigenvalue weighted by Crippen LogP contribution is -2.32. The molecule has 0 aromatic carbocycles. The second kappa shape index (κ2) is 8.24. The van der Waals surface area contributed by atoms with Gasteiger partial charge in [0.1, 0.15) is 0 Å². The fraction of sp³-hybridized carbons (Fsp3) is 0.615. The van der Waals surface area contributed by atoms with Gasteiger partial charge in [0.2, 0.25) is 0 Å². The zero-order valence-electron chi connectivity index (χ0n) is 11.3. The lowest BCUT2D eigenvalue weighted by atomic mass is 10.2. The standard InChI is InChI=1S/C13H22N2O2S/c1-4-11-10(2)9-12(18-11)13(16)15-6-5-14-7-8-17-3/h9,14H,4-8H2,1-3H3,(H,15,16). The molecule has 102 valence electrons. The van der Waals surface area contributed by atoms with Crippen LogP contribution >= 0.6 is 11.3 Å². The van der Waals surface area contributed by atoms with Gasteiger partial charge in [-0.05, 0) is 25.0 Å². The summed E-state index contributed by atoms with van der Waals surface area (Å²) in [4.78, 5) is 14.0. The Labute approximate surface area is 113 Å². The van der Waals surface area contributed by atoms with Gasteiger partial charge in [-0.2, -0.15) is 0 Å². The maximum absolute atomic E-state index is 11.9.